The Kier molecular flexibility index (Phi) is 5.75. The second kappa shape index (κ2) is 5.37. The molecule has 0 N–H and O–H groups in total. The maximum absolute atomic E-state index is 3.40. The van der Waals surface area contributed by atoms with E-state index in [0.717, 1.165) is 5.75 Å². The molecule has 0 bridgehead atoms. The van der Waals surface area contributed by atoms with E-state index in [1.807, 2.05) is 11.8 Å². The summed E-state index contributed by atoms with van der Waals surface area (Å²) in [6.07, 6.45) is 0. The molecule has 0 saturated heterocycles. The molecule has 0 aliphatic carbocycles. The van der Waals surface area contributed by atoms with Crippen molar-refractivity contribution in [3.63, 3.8) is 0 Å². The van der Waals surface area contributed by atoms with Gasteiger partial charge in [0.1, 0.15) is 0 Å². The van der Waals surface area contributed by atoms with Crippen molar-refractivity contribution in [2.75, 3.05) is 11.5 Å². The number of rotatable bonds is 2. The third kappa shape index (κ3) is 8.71. The molecule has 0 aromatic rings. The van der Waals surface area contributed by atoms with Crippen LogP contribution in [0.2, 0.25) is 14.8 Å². The van der Waals surface area contributed by atoms with Crippen molar-refractivity contribution in [3.8, 4) is 9.86 Å². The summed E-state index contributed by atoms with van der Waals surface area (Å²) in [6.45, 7) is 2.17. The number of hydrogen-bond acceptors (Lipinski definition) is 1. The Balaban J connectivity index is 3.50. The molecule has 0 radical (unpaired) electrons. The van der Waals surface area contributed by atoms with Gasteiger partial charge in [-0.3, -0.25) is 0 Å². The summed E-state index contributed by atoms with van der Waals surface area (Å²) in [6, 6.07) is 0. The van der Waals surface area contributed by atoms with Crippen LogP contribution < -0.4 is 0 Å². The fourth-order valence-corrected chi connectivity index (χ4v) is 2.96. The van der Waals surface area contributed by atoms with Crippen LogP contribution in [0, 0.1) is 9.86 Å². The number of hydrogen-bond donors (Lipinski definition) is 0. The number of thioether (sulfide) groups is 1. The quantitative estimate of drug-likeness (QED) is 0.419. The predicted octanol–water partition coefficient (Wildman–Crippen LogP) is 2.62. The second-order valence-corrected chi connectivity index (χ2v) is 18.0. The van der Waals surface area contributed by atoms with E-state index < -0.39 is 18.4 Å². The Morgan fingerprint density at radius 2 is 1.90 bits per heavy atom. The normalized spacial score (nSPS) is 10.4. The Labute approximate surface area is 73.0 Å². The molecule has 0 heterocycles. The average molecular weight is 263 g/mol. The van der Waals surface area contributed by atoms with Crippen LogP contribution in [0.25, 0.3) is 0 Å². The van der Waals surface area contributed by atoms with Gasteiger partial charge in [0, 0.05) is 0 Å². The van der Waals surface area contributed by atoms with Crippen LogP contribution in [-0.4, -0.2) is 29.9 Å². The van der Waals surface area contributed by atoms with Gasteiger partial charge in [-0.05, 0) is 0 Å². The molecule has 2 heteroatoms. The molecule has 0 nitrogen and oxygen atoms in total. The predicted molar refractivity (Wildman–Crippen MR) is 54.1 cm³/mol. The molecule has 10 heavy (non-hydrogen) atoms. The molecule has 0 saturated carbocycles. The van der Waals surface area contributed by atoms with Gasteiger partial charge in [-0.25, -0.2) is 0 Å². The molecule has 0 rings (SSSR count). The molecule has 0 amide bonds. The summed E-state index contributed by atoms with van der Waals surface area (Å²) in [5.74, 6) is 5.45. The van der Waals surface area contributed by atoms with E-state index >= 15 is 0 Å². The van der Waals surface area contributed by atoms with Crippen molar-refractivity contribution in [2.45, 2.75) is 21.7 Å². The van der Waals surface area contributed by atoms with Gasteiger partial charge in [0.2, 0.25) is 0 Å². The first kappa shape index (κ1) is 10.7. The van der Waals surface area contributed by atoms with Gasteiger partial charge in [-0.2, -0.15) is 0 Å². The van der Waals surface area contributed by atoms with Crippen LogP contribution in [0.15, 0.2) is 0 Å². The van der Waals surface area contributed by atoms with Crippen molar-refractivity contribution < 1.29 is 0 Å². The first-order valence-corrected chi connectivity index (χ1v) is 14.8. The van der Waals surface area contributed by atoms with E-state index in [2.05, 4.69) is 31.6 Å². The molecular formula is C8H16SSn. The molecule has 0 spiro atoms. The zero-order valence-electron chi connectivity index (χ0n) is 7.32. The summed E-state index contributed by atoms with van der Waals surface area (Å²) < 4.78 is 3.40. The average Bonchev–Trinajstić information content (AvgIpc) is 1.78. The Bertz CT molecular complexity index is 136. The molecular weight excluding hydrogens is 247 g/mol. The van der Waals surface area contributed by atoms with E-state index in [1.165, 1.54) is 5.75 Å². The minimum atomic E-state index is -1.73. The van der Waals surface area contributed by atoms with Crippen molar-refractivity contribution in [1.29, 1.82) is 0 Å². The van der Waals surface area contributed by atoms with Gasteiger partial charge in [0.05, 0.1) is 0 Å². The van der Waals surface area contributed by atoms with Crippen molar-refractivity contribution in [1.82, 2.24) is 0 Å². The molecule has 0 atom stereocenters. The van der Waals surface area contributed by atoms with Gasteiger partial charge in [-0.15, -0.1) is 0 Å². The van der Waals surface area contributed by atoms with Gasteiger partial charge in [-0.1, -0.05) is 0 Å². The summed E-state index contributed by atoms with van der Waals surface area (Å²) in [5, 5.41) is 0. The van der Waals surface area contributed by atoms with Gasteiger partial charge < -0.3 is 0 Å². The van der Waals surface area contributed by atoms with Gasteiger partial charge in [0.25, 0.3) is 0 Å². The van der Waals surface area contributed by atoms with Crippen LogP contribution in [-0.2, 0) is 0 Å². The monoisotopic (exact) mass is 264 g/mol. The fraction of sp³-hybridized carbons (Fsp3) is 0.750. The summed E-state index contributed by atoms with van der Waals surface area (Å²) in [4.78, 5) is 7.04. The Morgan fingerprint density at radius 3 is 2.30 bits per heavy atom. The topological polar surface area (TPSA) is 0 Å². The van der Waals surface area contributed by atoms with Gasteiger partial charge >= 0.3 is 73.2 Å². The maximum atomic E-state index is 3.40. The molecule has 0 fully saturated rings. The van der Waals surface area contributed by atoms with Crippen LogP contribution in [0.4, 0.5) is 0 Å². The zero-order valence-corrected chi connectivity index (χ0v) is 11.0. The first-order chi connectivity index (χ1) is 4.56. The Hall–Kier alpha value is 0.709. The third-order valence-electron chi connectivity index (χ3n) is 0.842. The van der Waals surface area contributed by atoms with Crippen LogP contribution in [0.5, 0.6) is 0 Å². The third-order valence-corrected chi connectivity index (χ3v) is 4.24. The summed E-state index contributed by atoms with van der Waals surface area (Å²) in [5.41, 5.74) is 0. The van der Waals surface area contributed by atoms with Crippen molar-refractivity contribution in [2.24, 2.45) is 0 Å². The molecule has 0 aromatic heterocycles. The van der Waals surface area contributed by atoms with Crippen molar-refractivity contribution >= 4 is 30.1 Å². The van der Waals surface area contributed by atoms with Crippen LogP contribution >= 0.6 is 11.8 Å². The summed E-state index contributed by atoms with van der Waals surface area (Å²) in [7, 11) is 0. The fourth-order valence-electron chi connectivity index (χ4n) is 0.454. The molecule has 0 aromatic carbocycles. The Morgan fingerprint density at radius 1 is 1.30 bits per heavy atom. The zero-order chi connectivity index (χ0) is 8.04. The SMILES string of the molecule is CCSCC#[C][Sn]([CH3])([CH3])[CH3]. The van der Waals surface area contributed by atoms with Crippen molar-refractivity contribution in [3.05, 3.63) is 0 Å². The summed E-state index contributed by atoms with van der Waals surface area (Å²) >= 11 is 0.184. The molecule has 0 aliphatic rings. The minimum absolute atomic E-state index is 1.03. The molecule has 0 aliphatic heterocycles. The van der Waals surface area contributed by atoms with E-state index in [1.54, 1.807) is 0 Å². The van der Waals surface area contributed by atoms with Crippen LogP contribution in [0.3, 0.4) is 0 Å². The van der Waals surface area contributed by atoms with E-state index in [-0.39, 0.29) is 0 Å². The standard InChI is InChI=1S/C5H7S.3CH3.Sn/c1-3-5-6-4-2;;;;/h4-5H2,2H3;3*1H3;. The first-order valence-electron chi connectivity index (χ1n) is 3.64. The van der Waals surface area contributed by atoms with E-state index in [4.69, 9.17) is 0 Å². The molecule has 58 valence electrons. The second-order valence-electron chi connectivity index (χ2n) is 3.19. The van der Waals surface area contributed by atoms with Crippen LogP contribution in [0.1, 0.15) is 6.92 Å². The molecule has 0 unspecified atom stereocenters. The van der Waals surface area contributed by atoms with E-state index in [0.29, 0.717) is 0 Å². The van der Waals surface area contributed by atoms with E-state index in [9.17, 15) is 0 Å². The van der Waals surface area contributed by atoms with Gasteiger partial charge in [0.15, 0.2) is 0 Å².